The van der Waals surface area contributed by atoms with Crippen LogP contribution >= 0.6 is 58.5 Å². The Morgan fingerprint density at radius 3 is 2.57 bits per heavy atom. The molecule has 4 rings (SSSR count). The van der Waals surface area contributed by atoms with Crippen molar-refractivity contribution in [2.75, 3.05) is 0 Å². The summed E-state index contributed by atoms with van der Waals surface area (Å²) in [6, 6.07) is 14.9. The number of benzene rings is 2. The van der Waals surface area contributed by atoms with Gasteiger partial charge in [0.2, 0.25) is 0 Å². The maximum Gasteiger partial charge on any atom is 0.273 e. The number of thiazole rings is 1. The van der Waals surface area contributed by atoms with E-state index >= 15 is 0 Å². The topological polar surface area (TPSA) is 39.8 Å². The highest BCUT2D eigenvalue weighted by Crippen LogP contribution is 2.28. The third kappa shape index (κ3) is 3.65. The van der Waals surface area contributed by atoms with Crippen LogP contribution in [0.1, 0.15) is 5.56 Å². The number of rotatable bonds is 4. The molecule has 0 radical (unpaired) electrons. The smallest absolute Gasteiger partial charge is 0.273 e. The molecule has 0 aliphatic rings. The molecule has 0 saturated carbocycles. The number of thioether (sulfide) groups is 1. The van der Waals surface area contributed by atoms with Crippen molar-refractivity contribution < 1.29 is 0 Å². The number of halogens is 2. The molecular formula is C19H13Cl2N3OS3. The number of aromatic nitrogens is 3. The molecule has 0 aliphatic carbocycles. The number of nitrogens with zero attached hydrogens (tertiary/aromatic N) is 3. The lowest BCUT2D eigenvalue weighted by Crippen LogP contribution is -2.19. The largest absolute Gasteiger partial charge is 0.289 e. The summed E-state index contributed by atoms with van der Waals surface area (Å²) in [6.07, 6.45) is 0. The van der Waals surface area contributed by atoms with Gasteiger partial charge in [0.1, 0.15) is 4.70 Å². The average Bonchev–Trinajstić information content (AvgIpc) is 3.01. The predicted octanol–water partition coefficient (Wildman–Crippen LogP) is 6.11. The second-order valence-corrected chi connectivity index (χ2v) is 9.40. The molecule has 0 amide bonds. The van der Waals surface area contributed by atoms with Gasteiger partial charge in [-0.15, -0.1) is 0 Å². The number of hydrogen-bond donors (Lipinski definition) is 0. The number of hydrogen-bond acceptors (Lipinski definition) is 5. The third-order valence-electron chi connectivity index (χ3n) is 4.17. The van der Waals surface area contributed by atoms with Gasteiger partial charge in [0, 0.05) is 28.5 Å². The van der Waals surface area contributed by atoms with E-state index in [1.54, 1.807) is 23.7 Å². The molecule has 0 unspecified atom stereocenters. The van der Waals surface area contributed by atoms with Gasteiger partial charge in [0.25, 0.3) is 5.56 Å². The molecule has 2 aromatic heterocycles. The Kier molecular flexibility index (Phi) is 5.62. The zero-order valence-electron chi connectivity index (χ0n) is 14.6. The average molecular weight is 466 g/mol. The molecule has 0 atom stereocenters. The molecule has 0 spiro atoms. The summed E-state index contributed by atoms with van der Waals surface area (Å²) in [7, 11) is 1.72. The molecule has 0 aliphatic heterocycles. The van der Waals surface area contributed by atoms with Crippen molar-refractivity contribution in [3.63, 3.8) is 0 Å². The van der Waals surface area contributed by atoms with Crippen molar-refractivity contribution in [3.05, 3.63) is 78.4 Å². The SMILES string of the molecule is Cn1c(SCc2ccccc2Cl)nc2c(sc(=S)n2-c2ccc(Cl)cc2)c1=O. The first kappa shape index (κ1) is 19.7. The lowest BCUT2D eigenvalue weighted by molar-refractivity contribution is 0.722. The fourth-order valence-corrected chi connectivity index (χ4v) is 5.44. The van der Waals surface area contributed by atoms with E-state index in [1.165, 1.54) is 23.1 Å². The van der Waals surface area contributed by atoms with Crippen LogP contribution in [-0.2, 0) is 12.8 Å². The Labute approximate surface area is 184 Å². The van der Waals surface area contributed by atoms with Crippen LogP contribution in [0.5, 0.6) is 0 Å². The van der Waals surface area contributed by atoms with E-state index < -0.39 is 0 Å². The maximum atomic E-state index is 12.9. The molecule has 0 saturated heterocycles. The van der Waals surface area contributed by atoms with E-state index in [0.717, 1.165) is 11.3 Å². The summed E-state index contributed by atoms with van der Waals surface area (Å²) >= 11 is 20.5. The zero-order chi connectivity index (χ0) is 19.8. The minimum Gasteiger partial charge on any atom is -0.289 e. The monoisotopic (exact) mass is 465 g/mol. The fraction of sp³-hybridized carbons (Fsp3) is 0.105. The molecule has 0 N–H and O–H groups in total. The molecular weight excluding hydrogens is 453 g/mol. The number of fused-ring (bicyclic) bond motifs is 1. The third-order valence-corrected chi connectivity index (χ3v) is 7.22. The highest BCUT2D eigenvalue weighted by atomic mass is 35.5. The molecule has 2 heterocycles. The zero-order valence-corrected chi connectivity index (χ0v) is 18.5. The van der Waals surface area contributed by atoms with Crippen molar-refractivity contribution in [1.82, 2.24) is 14.1 Å². The van der Waals surface area contributed by atoms with Gasteiger partial charge in [-0.05, 0) is 48.1 Å². The Morgan fingerprint density at radius 1 is 1.14 bits per heavy atom. The molecule has 28 heavy (non-hydrogen) atoms. The Morgan fingerprint density at radius 2 is 1.86 bits per heavy atom. The predicted molar refractivity (Wildman–Crippen MR) is 121 cm³/mol. The summed E-state index contributed by atoms with van der Waals surface area (Å²) in [4.78, 5) is 17.6. The first-order valence-electron chi connectivity index (χ1n) is 8.20. The van der Waals surface area contributed by atoms with E-state index in [1.807, 2.05) is 41.0 Å². The van der Waals surface area contributed by atoms with Crippen molar-refractivity contribution in [1.29, 1.82) is 0 Å². The van der Waals surface area contributed by atoms with Crippen LogP contribution < -0.4 is 5.56 Å². The van der Waals surface area contributed by atoms with Crippen molar-refractivity contribution in [2.24, 2.45) is 7.05 Å². The van der Waals surface area contributed by atoms with Gasteiger partial charge < -0.3 is 0 Å². The summed E-state index contributed by atoms with van der Waals surface area (Å²) < 4.78 is 4.47. The lowest BCUT2D eigenvalue weighted by atomic mass is 10.2. The van der Waals surface area contributed by atoms with Gasteiger partial charge in [-0.25, -0.2) is 4.98 Å². The highest BCUT2D eigenvalue weighted by Gasteiger charge is 2.16. The fourth-order valence-electron chi connectivity index (χ4n) is 2.72. The van der Waals surface area contributed by atoms with E-state index in [9.17, 15) is 4.79 Å². The molecule has 142 valence electrons. The van der Waals surface area contributed by atoms with Gasteiger partial charge in [-0.1, -0.05) is 64.5 Å². The van der Waals surface area contributed by atoms with Crippen LogP contribution in [0.2, 0.25) is 10.0 Å². The van der Waals surface area contributed by atoms with Crippen LogP contribution in [0.25, 0.3) is 16.0 Å². The van der Waals surface area contributed by atoms with Crippen LogP contribution in [0, 0.1) is 3.95 Å². The molecule has 0 bridgehead atoms. The first-order valence-corrected chi connectivity index (χ1v) is 11.2. The van der Waals surface area contributed by atoms with Crippen LogP contribution in [-0.4, -0.2) is 14.1 Å². The van der Waals surface area contributed by atoms with Crippen LogP contribution in [0.3, 0.4) is 0 Å². The molecule has 4 aromatic rings. The summed E-state index contributed by atoms with van der Waals surface area (Å²) in [5.74, 6) is 0.608. The summed E-state index contributed by atoms with van der Waals surface area (Å²) in [5.41, 5.74) is 2.25. The Balaban J connectivity index is 1.82. The first-order chi connectivity index (χ1) is 13.5. The van der Waals surface area contributed by atoms with Crippen molar-refractivity contribution >= 4 is 68.9 Å². The van der Waals surface area contributed by atoms with Gasteiger partial charge in [-0.2, -0.15) is 0 Å². The van der Waals surface area contributed by atoms with Crippen molar-refractivity contribution in [3.8, 4) is 5.69 Å². The second kappa shape index (κ2) is 8.00. The van der Waals surface area contributed by atoms with Crippen LogP contribution in [0.4, 0.5) is 0 Å². The Hall–Kier alpha value is -1.64. The minimum atomic E-state index is -0.115. The van der Waals surface area contributed by atoms with E-state index in [0.29, 0.717) is 35.3 Å². The summed E-state index contributed by atoms with van der Waals surface area (Å²) in [5, 5.41) is 1.93. The van der Waals surface area contributed by atoms with Gasteiger partial charge in [0.15, 0.2) is 14.8 Å². The minimum absolute atomic E-state index is 0.115. The van der Waals surface area contributed by atoms with Crippen molar-refractivity contribution in [2.45, 2.75) is 10.9 Å². The quantitative estimate of drug-likeness (QED) is 0.207. The lowest BCUT2D eigenvalue weighted by Gasteiger charge is -2.10. The van der Waals surface area contributed by atoms with Gasteiger partial charge in [0.05, 0.1) is 0 Å². The van der Waals surface area contributed by atoms with Gasteiger partial charge in [-0.3, -0.25) is 13.9 Å². The van der Waals surface area contributed by atoms with Gasteiger partial charge >= 0.3 is 0 Å². The molecule has 0 fully saturated rings. The Bertz CT molecular complexity index is 1290. The van der Waals surface area contributed by atoms with E-state index in [-0.39, 0.29) is 5.56 Å². The molecule has 9 heteroatoms. The standard InChI is InChI=1S/C19H13Cl2N3OS3/c1-23-17(25)15-16(22-18(23)27-10-11-4-2-3-5-14(11)21)24(19(26)28-15)13-8-6-12(20)7-9-13/h2-9H,10H2,1H3. The van der Waals surface area contributed by atoms with E-state index in [4.69, 9.17) is 40.4 Å². The van der Waals surface area contributed by atoms with E-state index in [2.05, 4.69) is 0 Å². The molecule has 2 aromatic carbocycles. The molecule has 4 nitrogen and oxygen atoms in total. The summed E-state index contributed by atoms with van der Waals surface area (Å²) in [6.45, 7) is 0. The second-order valence-electron chi connectivity index (χ2n) is 5.97. The van der Waals surface area contributed by atoms with Crippen LogP contribution in [0.15, 0.2) is 58.5 Å². The normalized spacial score (nSPS) is 11.2. The highest BCUT2D eigenvalue weighted by molar-refractivity contribution is 7.98. The maximum absolute atomic E-state index is 12.9.